The van der Waals surface area contributed by atoms with E-state index in [2.05, 4.69) is 35.6 Å². The molecule has 3 rings (SSSR count). The van der Waals surface area contributed by atoms with E-state index in [1.165, 1.54) is 50.6 Å². The Hall–Kier alpha value is -0.530. The van der Waals surface area contributed by atoms with Gasteiger partial charge in [0, 0.05) is 12.6 Å². The summed E-state index contributed by atoms with van der Waals surface area (Å²) in [6.07, 6.45) is 8.60. The highest BCUT2D eigenvalue weighted by Crippen LogP contribution is 2.46. The van der Waals surface area contributed by atoms with Crippen LogP contribution in [-0.2, 0) is 0 Å². The third-order valence-electron chi connectivity index (χ3n) is 4.48. The Morgan fingerprint density at radius 2 is 1.71 bits per heavy atom. The second kappa shape index (κ2) is 5.41. The van der Waals surface area contributed by atoms with Crippen LogP contribution in [0.5, 0.6) is 0 Å². The first kappa shape index (κ1) is 12.9. The van der Waals surface area contributed by atoms with Crippen LogP contribution in [0.1, 0.15) is 50.1 Å². The van der Waals surface area contributed by atoms with Gasteiger partial charge in [0.05, 0.1) is 0 Å². The number of benzene rings is 1. The highest BCUT2D eigenvalue weighted by atomic mass is 35.5. The summed E-state index contributed by atoms with van der Waals surface area (Å²) < 4.78 is 0. The van der Waals surface area contributed by atoms with Crippen LogP contribution in [0.15, 0.2) is 30.3 Å². The van der Waals surface area contributed by atoms with Crippen LogP contribution >= 0.6 is 12.4 Å². The average Bonchev–Trinajstić information content (AvgIpc) is 2.75. The van der Waals surface area contributed by atoms with E-state index < -0.39 is 0 Å². The van der Waals surface area contributed by atoms with E-state index in [0.717, 1.165) is 0 Å². The molecule has 0 amide bonds. The summed E-state index contributed by atoms with van der Waals surface area (Å²) >= 11 is 0. The minimum absolute atomic E-state index is 0. The average molecular weight is 252 g/mol. The zero-order valence-electron chi connectivity index (χ0n) is 10.3. The SMILES string of the molecule is Cl.c1ccc(C2CC3(CCCCC3)CN2)cc1. The van der Waals surface area contributed by atoms with Crippen LogP contribution in [0.4, 0.5) is 0 Å². The molecule has 0 radical (unpaired) electrons. The number of rotatable bonds is 1. The molecule has 1 spiro atoms. The van der Waals surface area contributed by atoms with E-state index in [0.29, 0.717) is 11.5 Å². The van der Waals surface area contributed by atoms with E-state index in [9.17, 15) is 0 Å². The maximum atomic E-state index is 3.73. The standard InChI is InChI=1S/C15H21N.ClH/c1-3-7-13(8-4-1)14-11-15(12-16-14)9-5-2-6-10-15;/h1,3-4,7-8,14,16H,2,5-6,9-12H2;1H. The van der Waals surface area contributed by atoms with Crippen molar-refractivity contribution < 1.29 is 0 Å². The molecule has 1 atom stereocenters. The van der Waals surface area contributed by atoms with Crippen LogP contribution < -0.4 is 5.32 Å². The van der Waals surface area contributed by atoms with Gasteiger partial charge in [-0.05, 0) is 30.2 Å². The Morgan fingerprint density at radius 1 is 1.00 bits per heavy atom. The van der Waals surface area contributed by atoms with Gasteiger partial charge >= 0.3 is 0 Å². The molecule has 1 aromatic rings. The summed E-state index contributed by atoms with van der Waals surface area (Å²) in [5.41, 5.74) is 2.11. The number of hydrogen-bond acceptors (Lipinski definition) is 1. The molecule has 0 aromatic heterocycles. The maximum Gasteiger partial charge on any atom is 0.0326 e. The summed E-state index contributed by atoms with van der Waals surface area (Å²) in [6, 6.07) is 11.6. The minimum atomic E-state index is 0. The second-order valence-corrected chi connectivity index (χ2v) is 5.61. The Labute approximate surface area is 110 Å². The van der Waals surface area contributed by atoms with Gasteiger partial charge in [-0.25, -0.2) is 0 Å². The molecule has 1 heterocycles. The van der Waals surface area contributed by atoms with Crippen LogP contribution in [-0.4, -0.2) is 6.54 Å². The lowest BCUT2D eigenvalue weighted by Crippen LogP contribution is -2.26. The third kappa shape index (κ3) is 2.66. The molecule has 2 heteroatoms. The highest BCUT2D eigenvalue weighted by Gasteiger charge is 2.39. The maximum absolute atomic E-state index is 3.73. The fourth-order valence-electron chi connectivity index (χ4n) is 3.52. The molecular formula is C15H22ClN. The van der Waals surface area contributed by atoms with Gasteiger partial charge in [0.25, 0.3) is 0 Å². The van der Waals surface area contributed by atoms with Crippen molar-refractivity contribution in [1.29, 1.82) is 0 Å². The van der Waals surface area contributed by atoms with Crippen molar-refractivity contribution in [1.82, 2.24) is 5.32 Å². The van der Waals surface area contributed by atoms with Crippen LogP contribution in [0.25, 0.3) is 0 Å². The van der Waals surface area contributed by atoms with E-state index in [1.54, 1.807) is 0 Å². The van der Waals surface area contributed by atoms with E-state index >= 15 is 0 Å². The lowest BCUT2D eigenvalue weighted by Gasteiger charge is -2.32. The fourth-order valence-corrected chi connectivity index (χ4v) is 3.52. The van der Waals surface area contributed by atoms with Crippen molar-refractivity contribution in [2.24, 2.45) is 5.41 Å². The third-order valence-corrected chi connectivity index (χ3v) is 4.48. The van der Waals surface area contributed by atoms with Crippen molar-refractivity contribution in [3.05, 3.63) is 35.9 Å². The van der Waals surface area contributed by atoms with Crippen molar-refractivity contribution in [3.63, 3.8) is 0 Å². The predicted molar refractivity (Wildman–Crippen MR) is 74.6 cm³/mol. The molecule has 1 N–H and O–H groups in total. The lowest BCUT2D eigenvalue weighted by atomic mass is 9.72. The van der Waals surface area contributed by atoms with Gasteiger partial charge in [0.1, 0.15) is 0 Å². The summed E-state index contributed by atoms with van der Waals surface area (Å²) in [6.45, 7) is 1.24. The quantitative estimate of drug-likeness (QED) is 0.793. The fraction of sp³-hybridized carbons (Fsp3) is 0.600. The number of hydrogen-bond donors (Lipinski definition) is 1. The molecule has 1 saturated carbocycles. The summed E-state index contributed by atoms with van der Waals surface area (Å²) in [5, 5.41) is 3.73. The topological polar surface area (TPSA) is 12.0 Å². The molecule has 1 unspecified atom stereocenters. The smallest absolute Gasteiger partial charge is 0.0326 e. The molecule has 2 fully saturated rings. The largest absolute Gasteiger partial charge is 0.309 e. The summed E-state index contributed by atoms with van der Waals surface area (Å²) in [4.78, 5) is 0. The molecule has 1 saturated heterocycles. The molecule has 1 aromatic carbocycles. The Bertz CT molecular complexity index is 343. The zero-order chi connectivity index (χ0) is 10.8. The van der Waals surface area contributed by atoms with Crippen molar-refractivity contribution >= 4 is 12.4 Å². The Kier molecular flexibility index (Phi) is 4.11. The van der Waals surface area contributed by atoms with Crippen molar-refractivity contribution in [2.75, 3.05) is 6.54 Å². The first-order chi connectivity index (χ1) is 7.88. The molecule has 94 valence electrons. The van der Waals surface area contributed by atoms with Crippen LogP contribution in [0, 0.1) is 5.41 Å². The number of halogens is 1. The number of nitrogens with one attached hydrogen (secondary N) is 1. The van der Waals surface area contributed by atoms with Gasteiger partial charge in [-0.1, -0.05) is 49.6 Å². The molecule has 2 aliphatic rings. The van der Waals surface area contributed by atoms with Gasteiger partial charge in [0.2, 0.25) is 0 Å². The molecule has 0 bridgehead atoms. The minimum Gasteiger partial charge on any atom is -0.309 e. The Balaban J connectivity index is 0.00000108. The normalized spacial score (nSPS) is 26.7. The van der Waals surface area contributed by atoms with Crippen molar-refractivity contribution in [3.8, 4) is 0 Å². The van der Waals surface area contributed by atoms with Gasteiger partial charge in [-0.15, -0.1) is 12.4 Å². The van der Waals surface area contributed by atoms with Gasteiger partial charge in [0.15, 0.2) is 0 Å². The predicted octanol–water partition coefficient (Wildman–Crippen LogP) is 4.09. The monoisotopic (exact) mass is 251 g/mol. The van der Waals surface area contributed by atoms with Crippen LogP contribution in [0.2, 0.25) is 0 Å². The van der Waals surface area contributed by atoms with Gasteiger partial charge in [-0.3, -0.25) is 0 Å². The molecular weight excluding hydrogens is 230 g/mol. The molecule has 17 heavy (non-hydrogen) atoms. The molecule has 1 aliphatic carbocycles. The Morgan fingerprint density at radius 3 is 2.41 bits per heavy atom. The first-order valence-corrected chi connectivity index (χ1v) is 6.66. The molecule has 1 nitrogen and oxygen atoms in total. The van der Waals surface area contributed by atoms with Crippen molar-refractivity contribution in [2.45, 2.75) is 44.6 Å². The van der Waals surface area contributed by atoms with Gasteiger partial charge < -0.3 is 5.32 Å². The summed E-state index contributed by atoms with van der Waals surface area (Å²) in [7, 11) is 0. The highest BCUT2D eigenvalue weighted by molar-refractivity contribution is 5.85. The lowest BCUT2D eigenvalue weighted by molar-refractivity contribution is 0.211. The van der Waals surface area contributed by atoms with E-state index in [-0.39, 0.29) is 12.4 Å². The van der Waals surface area contributed by atoms with E-state index in [1.807, 2.05) is 0 Å². The zero-order valence-corrected chi connectivity index (χ0v) is 11.1. The van der Waals surface area contributed by atoms with E-state index in [4.69, 9.17) is 0 Å². The van der Waals surface area contributed by atoms with Crippen LogP contribution in [0.3, 0.4) is 0 Å². The molecule has 1 aliphatic heterocycles. The second-order valence-electron chi connectivity index (χ2n) is 5.61. The van der Waals surface area contributed by atoms with Gasteiger partial charge in [-0.2, -0.15) is 0 Å². The first-order valence-electron chi connectivity index (χ1n) is 6.66. The summed E-state index contributed by atoms with van der Waals surface area (Å²) in [5.74, 6) is 0.